The van der Waals surface area contributed by atoms with Crippen LogP contribution in [-0.4, -0.2) is 21.8 Å². The SMILES string of the molecule is CC(=O)N[C@H](C)c1ccc(-c2csc(NC(=O)c3ccc[nH]c3=O)n2)cc1. The van der Waals surface area contributed by atoms with Crippen LogP contribution >= 0.6 is 11.3 Å². The minimum atomic E-state index is -0.503. The molecule has 2 heterocycles. The molecule has 27 heavy (non-hydrogen) atoms. The number of aromatic nitrogens is 2. The monoisotopic (exact) mass is 382 g/mol. The number of aromatic amines is 1. The summed E-state index contributed by atoms with van der Waals surface area (Å²) in [5.41, 5.74) is 2.18. The molecule has 3 N–H and O–H groups in total. The summed E-state index contributed by atoms with van der Waals surface area (Å²) in [4.78, 5) is 41.9. The van der Waals surface area contributed by atoms with Crippen LogP contribution in [0.15, 0.2) is 52.8 Å². The van der Waals surface area contributed by atoms with Crippen LogP contribution < -0.4 is 16.2 Å². The predicted octanol–water partition coefficient (Wildman–Crippen LogP) is 2.95. The molecule has 0 saturated heterocycles. The normalized spacial score (nSPS) is 11.6. The standard InChI is InChI=1S/C19H18N4O3S/c1-11(21-12(2)24)13-5-7-14(8-6-13)16-10-27-19(22-16)23-18(26)15-4-3-9-20-17(15)25/h3-11H,1-2H3,(H,20,25)(H,21,24)(H,22,23,26)/t11-/m1/s1. The van der Waals surface area contributed by atoms with Crippen molar-refractivity contribution in [2.24, 2.45) is 0 Å². The lowest BCUT2D eigenvalue weighted by atomic mass is 10.1. The number of nitrogens with one attached hydrogen (secondary N) is 3. The Kier molecular flexibility index (Phi) is 5.46. The van der Waals surface area contributed by atoms with E-state index in [9.17, 15) is 14.4 Å². The number of nitrogens with zero attached hydrogens (tertiary/aromatic N) is 1. The highest BCUT2D eigenvalue weighted by Crippen LogP contribution is 2.26. The molecule has 8 heteroatoms. The van der Waals surface area contributed by atoms with E-state index in [1.807, 2.05) is 36.6 Å². The molecule has 0 spiro atoms. The Hall–Kier alpha value is -3.26. The van der Waals surface area contributed by atoms with Gasteiger partial charge in [0, 0.05) is 24.1 Å². The van der Waals surface area contributed by atoms with Crippen LogP contribution in [0.25, 0.3) is 11.3 Å². The quantitative estimate of drug-likeness (QED) is 0.631. The molecule has 0 unspecified atom stereocenters. The van der Waals surface area contributed by atoms with Crippen molar-refractivity contribution in [3.63, 3.8) is 0 Å². The molecule has 0 aliphatic carbocycles. The van der Waals surface area contributed by atoms with Gasteiger partial charge in [-0.2, -0.15) is 0 Å². The summed E-state index contributed by atoms with van der Waals surface area (Å²) in [5.74, 6) is -0.582. The van der Waals surface area contributed by atoms with E-state index < -0.39 is 11.5 Å². The van der Waals surface area contributed by atoms with Gasteiger partial charge in [0.1, 0.15) is 5.56 Å². The maximum Gasteiger partial charge on any atom is 0.263 e. The minimum absolute atomic E-state index is 0.0329. The van der Waals surface area contributed by atoms with E-state index in [1.54, 1.807) is 6.07 Å². The number of anilines is 1. The van der Waals surface area contributed by atoms with Crippen LogP contribution in [0.2, 0.25) is 0 Å². The lowest BCUT2D eigenvalue weighted by Gasteiger charge is -2.12. The fourth-order valence-corrected chi connectivity index (χ4v) is 3.27. The molecular weight excluding hydrogens is 364 g/mol. The van der Waals surface area contributed by atoms with Crippen molar-refractivity contribution in [3.8, 4) is 11.3 Å². The number of thiazole rings is 1. The second kappa shape index (κ2) is 7.96. The smallest absolute Gasteiger partial charge is 0.263 e. The van der Waals surface area contributed by atoms with Crippen molar-refractivity contribution in [3.05, 3.63) is 69.5 Å². The third-order valence-electron chi connectivity index (χ3n) is 3.91. The van der Waals surface area contributed by atoms with Gasteiger partial charge in [-0.3, -0.25) is 19.7 Å². The fraction of sp³-hybridized carbons (Fsp3) is 0.158. The molecule has 1 atom stereocenters. The van der Waals surface area contributed by atoms with Gasteiger partial charge < -0.3 is 10.3 Å². The Labute approximate surface area is 159 Å². The topological polar surface area (TPSA) is 104 Å². The maximum absolute atomic E-state index is 12.2. The molecule has 3 rings (SSSR count). The fourth-order valence-electron chi connectivity index (χ4n) is 2.56. The Morgan fingerprint density at radius 1 is 1.19 bits per heavy atom. The summed E-state index contributed by atoms with van der Waals surface area (Å²) < 4.78 is 0. The van der Waals surface area contributed by atoms with Gasteiger partial charge in [0.05, 0.1) is 11.7 Å². The highest BCUT2D eigenvalue weighted by atomic mass is 32.1. The number of pyridine rings is 1. The van der Waals surface area contributed by atoms with Crippen molar-refractivity contribution in [1.29, 1.82) is 0 Å². The molecule has 0 bridgehead atoms. The average molecular weight is 382 g/mol. The molecule has 0 fully saturated rings. The van der Waals surface area contributed by atoms with Gasteiger partial charge in [-0.1, -0.05) is 24.3 Å². The van der Waals surface area contributed by atoms with Gasteiger partial charge in [-0.25, -0.2) is 4.98 Å². The Morgan fingerprint density at radius 2 is 1.93 bits per heavy atom. The number of hydrogen-bond acceptors (Lipinski definition) is 5. The zero-order chi connectivity index (χ0) is 19.4. The first-order valence-corrected chi connectivity index (χ1v) is 9.14. The van der Waals surface area contributed by atoms with Crippen molar-refractivity contribution < 1.29 is 9.59 Å². The highest BCUT2D eigenvalue weighted by molar-refractivity contribution is 7.14. The lowest BCUT2D eigenvalue weighted by molar-refractivity contribution is -0.119. The largest absolute Gasteiger partial charge is 0.350 e. The first-order valence-electron chi connectivity index (χ1n) is 8.26. The number of carbonyl (C=O) groups is 2. The molecule has 7 nitrogen and oxygen atoms in total. The molecule has 2 amide bonds. The molecule has 0 saturated carbocycles. The number of carbonyl (C=O) groups excluding carboxylic acids is 2. The van der Waals surface area contributed by atoms with Gasteiger partial charge in [-0.05, 0) is 24.6 Å². The van der Waals surface area contributed by atoms with Crippen LogP contribution in [0.3, 0.4) is 0 Å². The lowest BCUT2D eigenvalue weighted by Crippen LogP contribution is -2.23. The average Bonchev–Trinajstić information content (AvgIpc) is 3.10. The van der Waals surface area contributed by atoms with Gasteiger partial charge >= 0.3 is 0 Å². The molecular formula is C19H18N4O3S. The summed E-state index contributed by atoms with van der Waals surface area (Å²) in [6, 6.07) is 10.6. The van der Waals surface area contributed by atoms with E-state index in [-0.39, 0.29) is 17.5 Å². The van der Waals surface area contributed by atoms with Crippen LogP contribution in [0.4, 0.5) is 5.13 Å². The number of H-pyrrole nitrogens is 1. The van der Waals surface area contributed by atoms with Crippen LogP contribution in [0.5, 0.6) is 0 Å². The van der Waals surface area contributed by atoms with E-state index in [0.717, 1.165) is 16.8 Å². The summed E-state index contributed by atoms with van der Waals surface area (Å²) >= 11 is 1.28. The van der Waals surface area contributed by atoms with Crippen molar-refractivity contribution in [2.75, 3.05) is 5.32 Å². The number of hydrogen-bond donors (Lipinski definition) is 3. The maximum atomic E-state index is 12.2. The number of benzene rings is 1. The number of amides is 2. The second-order valence-corrected chi connectivity index (χ2v) is 6.81. The number of rotatable bonds is 5. The van der Waals surface area contributed by atoms with E-state index >= 15 is 0 Å². The van der Waals surface area contributed by atoms with E-state index in [4.69, 9.17) is 0 Å². The molecule has 0 aliphatic rings. The third kappa shape index (κ3) is 4.48. The minimum Gasteiger partial charge on any atom is -0.350 e. The summed E-state index contributed by atoms with van der Waals surface area (Å²) in [5, 5.41) is 7.72. The summed E-state index contributed by atoms with van der Waals surface area (Å²) in [6.45, 7) is 3.40. The first-order chi connectivity index (χ1) is 12.9. The van der Waals surface area contributed by atoms with Crippen molar-refractivity contribution in [2.45, 2.75) is 19.9 Å². The summed E-state index contributed by atoms with van der Waals surface area (Å²) in [7, 11) is 0. The molecule has 3 aromatic rings. The highest BCUT2D eigenvalue weighted by Gasteiger charge is 2.13. The van der Waals surface area contributed by atoms with E-state index in [2.05, 4.69) is 20.6 Å². The Morgan fingerprint density at radius 3 is 2.59 bits per heavy atom. The van der Waals surface area contributed by atoms with E-state index in [0.29, 0.717) is 5.13 Å². The van der Waals surface area contributed by atoms with Crippen LogP contribution in [0.1, 0.15) is 35.8 Å². The summed E-state index contributed by atoms with van der Waals surface area (Å²) in [6.07, 6.45) is 1.47. The van der Waals surface area contributed by atoms with Crippen LogP contribution in [0, 0.1) is 0 Å². The predicted molar refractivity (Wildman–Crippen MR) is 105 cm³/mol. The van der Waals surface area contributed by atoms with Crippen molar-refractivity contribution in [1.82, 2.24) is 15.3 Å². The Bertz CT molecular complexity index is 1020. The van der Waals surface area contributed by atoms with Gasteiger partial charge in [0.25, 0.3) is 11.5 Å². The molecule has 2 aromatic heterocycles. The molecule has 138 valence electrons. The molecule has 0 radical (unpaired) electrons. The molecule has 0 aliphatic heterocycles. The first kappa shape index (κ1) is 18.5. The van der Waals surface area contributed by atoms with Gasteiger partial charge in [0.2, 0.25) is 5.91 Å². The Balaban J connectivity index is 1.72. The van der Waals surface area contributed by atoms with Crippen molar-refractivity contribution >= 4 is 28.3 Å². The zero-order valence-electron chi connectivity index (χ0n) is 14.8. The third-order valence-corrected chi connectivity index (χ3v) is 4.67. The van der Waals surface area contributed by atoms with Gasteiger partial charge in [0.15, 0.2) is 5.13 Å². The molecule has 1 aromatic carbocycles. The van der Waals surface area contributed by atoms with E-state index in [1.165, 1.54) is 30.5 Å². The second-order valence-electron chi connectivity index (χ2n) is 5.95. The van der Waals surface area contributed by atoms with Crippen LogP contribution in [-0.2, 0) is 4.79 Å². The zero-order valence-corrected chi connectivity index (χ0v) is 15.6. The van der Waals surface area contributed by atoms with Gasteiger partial charge in [-0.15, -0.1) is 11.3 Å².